The second kappa shape index (κ2) is 6.68. The van der Waals surface area contributed by atoms with E-state index < -0.39 is 10.0 Å². The van der Waals surface area contributed by atoms with Crippen LogP contribution in [0.1, 0.15) is 12.5 Å². The van der Waals surface area contributed by atoms with Crippen LogP contribution in [0.4, 0.5) is 0 Å². The van der Waals surface area contributed by atoms with E-state index in [0.29, 0.717) is 18.1 Å². The monoisotopic (exact) mass is 269 g/mol. The first kappa shape index (κ1) is 14.9. The smallest absolute Gasteiger partial charge is 0.240 e. The lowest BCUT2D eigenvalue weighted by molar-refractivity contribution is 0.162. The van der Waals surface area contributed by atoms with Crippen molar-refractivity contribution in [1.82, 2.24) is 4.72 Å². The minimum absolute atomic E-state index is 0.254. The van der Waals surface area contributed by atoms with Crippen molar-refractivity contribution in [3.8, 4) is 0 Å². The van der Waals surface area contributed by atoms with Crippen LogP contribution in [-0.4, -0.2) is 28.2 Å². The first-order valence-electron chi connectivity index (χ1n) is 5.71. The van der Waals surface area contributed by atoms with Crippen molar-refractivity contribution in [1.29, 1.82) is 0 Å². The SMILES string of the molecule is C=C(C)COCCNS(=O)(=O)c1ccccc1C. The molecule has 0 saturated carbocycles. The molecule has 1 aromatic rings. The topological polar surface area (TPSA) is 55.4 Å². The third-order valence-corrected chi connectivity index (χ3v) is 3.89. The van der Waals surface area contributed by atoms with Gasteiger partial charge in [-0.15, -0.1) is 0 Å². The lowest BCUT2D eigenvalue weighted by Gasteiger charge is -2.09. The molecular weight excluding hydrogens is 250 g/mol. The average Bonchev–Trinajstić information content (AvgIpc) is 2.28. The number of ether oxygens (including phenoxy) is 1. The third kappa shape index (κ3) is 4.60. The van der Waals surface area contributed by atoms with Crippen LogP contribution in [0.25, 0.3) is 0 Å². The van der Waals surface area contributed by atoms with E-state index in [1.807, 2.05) is 13.0 Å². The molecule has 0 spiro atoms. The molecule has 0 aliphatic rings. The zero-order valence-corrected chi connectivity index (χ0v) is 11.6. The number of nitrogens with one attached hydrogen (secondary N) is 1. The summed E-state index contributed by atoms with van der Waals surface area (Å²) in [4.78, 5) is 0.310. The number of sulfonamides is 1. The van der Waals surface area contributed by atoms with Gasteiger partial charge in [0, 0.05) is 6.54 Å². The van der Waals surface area contributed by atoms with Crippen molar-refractivity contribution in [3.63, 3.8) is 0 Å². The van der Waals surface area contributed by atoms with E-state index in [0.717, 1.165) is 11.1 Å². The average molecular weight is 269 g/mol. The molecule has 0 atom stereocenters. The van der Waals surface area contributed by atoms with Crippen LogP contribution in [0.2, 0.25) is 0 Å². The summed E-state index contributed by atoms with van der Waals surface area (Å²) in [6, 6.07) is 6.88. The fourth-order valence-corrected chi connectivity index (χ4v) is 2.69. The number of benzene rings is 1. The molecule has 0 radical (unpaired) electrons. The van der Waals surface area contributed by atoms with Crippen LogP contribution < -0.4 is 4.72 Å². The first-order valence-corrected chi connectivity index (χ1v) is 7.19. The maximum absolute atomic E-state index is 12.0. The van der Waals surface area contributed by atoms with Crippen LogP contribution in [0, 0.1) is 6.92 Å². The van der Waals surface area contributed by atoms with Crippen LogP contribution in [-0.2, 0) is 14.8 Å². The molecule has 0 bridgehead atoms. The van der Waals surface area contributed by atoms with E-state index in [9.17, 15) is 8.42 Å². The highest BCUT2D eigenvalue weighted by atomic mass is 32.2. The Labute approximate surface area is 109 Å². The predicted molar refractivity (Wildman–Crippen MR) is 72.0 cm³/mol. The molecule has 5 heteroatoms. The summed E-state index contributed by atoms with van der Waals surface area (Å²) >= 11 is 0. The molecule has 0 heterocycles. The van der Waals surface area contributed by atoms with E-state index in [4.69, 9.17) is 4.74 Å². The van der Waals surface area contributed by atoms with Gasteiger partial charge >= 0.3 is 0 Å². The van der Waals surface area contributed by atoms with Crippen LogP contribution in [0.5, 0.6) is 0 Å². The molecule has 0 unspecified atom stereocenters. The van der Waals surface area contributed by atoms with Gasteiger partial charge in [0.05, 0.1) is 18.1 Å². The Balaban J connectivity index is 2.51. The molecule has 18 heavy (non-hydrogen) atoms. The summed E-state index contributed by atoms with van der Waals surface area (Å²) in [6.07, 6.45) is 0. The molecule has 0 saturated heterocycles. The first-order chi connectivity index (χ1) is 8.43. The van der Waals surface area contributed by atoms with Gasteiger partial charge in [0.25, 0.3) is 0 Å². The van der Waals surface area contributed by atoms with Crippen molar-refractivity contribution in [2.24, 2.45) is 0 Å². The zero-order valence-electron chi connectivity index (χ0n) is 10.8. The minimum atomic E-state index is -3.44. The molecule has 0 aromatic heterocycles. The number of aryl methyl sites for hydroxylation is 1. The van der Waals surface area contributed by atoms with E-state index in [1.54, 1.807) is 25.1 Å². The third-order valence-electron chi connectivity index (χ3n) is 2.27. The van der Waals surface area contributed by atoms with Gasteiger partial charge < -0.3 is 4.74 Å². The normalized spacial score (nSPS) is 11.4. The maximum atomic E-state index is 12.0. The van der Waals surface area contributed by atoms with Gasteiger partial charge in [0.2, 0.25) is 10.0 Å². The summed E-state index contributed by atoms with van der Waals surface area (Å²) in [5.74, 6) is 0. The van der Waals surface area contributed by atoms with E-state index in [2.05, 4.69) is 11.3 Å². The Kier molecular flexibility index (Phi) is 5.53. The van der Waals surface area contributed by atoms with Gasteiger partial charge in [-0.05, 0) is 25.5 Å². The van der Waals surface area contributed by atoms with Gasteiger partial charge in [0.15, 0.2) is 0 Å². The highest BCUT2D eigenvalue weighted by molar-refractivity contribution is 7.89. The lowest BCUT2D eigenvalue weighted by atomic mass is 10.2. The fourth-order valence-electron chi connectivity index (χ4n) is 1.43. The standard InChI is InChI=1S/C13H19NO3S/c1-11(2)10-17-9-8-14-18(15,16)13-7-5-4-6-12(13)3/h4-7,14H,1,8-10H2,2-3H3. The summed E-state index contributed by atoms with van der Waals surface area (Å²) in [7, 11) is -3.44. The van der Waals surface area contributed by atoms with Gasteiger partial charge in [-0.25, -0.2) is 13.1 Å². The van der Waals surface area contributed by atoms with Crippen molar-refractivity contribution >= 4 is 10.0 Å². The maximum Gasteiger partial charge on any atom is 0.240 e. The molecule has 1 N–H and O–H groups in total. The highest BCUT2D eigenvalue weighted by Crippen LogP contribution is 2.13. The molecule has 0 fully saturated rings. The van der Waals surface area contributed by atoms with Gasteiger partial charge in [-0.1, -0.05) is 30.4 Å². The predicted octanol–water partition coefficient (Wildman–Crippen LogP) is 1.87. The van der Waals surface area contributed by atoms with Crippen LogP contribution in [0.3, 0.4) is 0 Å². The fraction of sp³-hybridized carbons (Fsp3) is 0.385. The van der Waals surface area contributed by atoms with E-state index in [-0.39, 0.29) is 6.54 Å². The van der Waals surface area contributed by atoms with Crippen molar-refractivity contribution in [2.45, 2.75) is 18.7 Å². The van der Waals surface area contributed by atoms with Gasteiger partial charge in [0.1, 0.15) is 0 Å². The van der Waals surface area contributed by atoms with Gasteiger partial charge in [-0.3, -0.25) is 0 Å². The van der Waals surface area contributed by atoms with Crippen LogP contribution in [0.15, 0.2) is 41.3 Å². The number of hydrogen-bond donors (Lipinski definition) is 1. The van der Waals surface area contributed by atoms with Gasteiger partial charge in [-0.2, -0.15) is 0 Å². The Morgan fingerprint density at radius 2 is 2.06 bits per heavy atom. The quantitative estimate of drug-likeness (QED) is 0.607. The molecule has 4 nitrogen and oxygen atoms in total. The Hall–Kier alpha value is -1.17. The van der Waals surface area contributed by atoms with Crippen molar-refractivity contribution in [2.75, 3.05) is 19.8 Å². The lowest BCUT2D eigenvalue weighted by Crippen LogP contribution is -2.28. The highest BCUT2D eigenvalue weighted by Gasteiger charge is 2.14. The summed E-state index contributed by atoms with van der Waals surface area (Å²) < 4.78 is 31.7. The Morgan fingerprint density at radius 3 is 2.67 bits per heavy atom. The van der Waals surface area contributed by atoms with E-state index >= 15 is 0 Å². The molecule has 1 aromatic carbocycles. The zero-order chi connectivity index (χ0) is 13.6. The molecule has 100 valence electrons. The molecule has 0 aliphatic carbocycles. The largest absolute Gasteiger partial charge is 0.376 e. The molecule has 0 amide bonds. The Morgan fingerprint density at radius 1 is 1.39 bits per heavy atom. The van der Waals surface area contributed by atoms with Crippen LogP contribution >= 0.6 is 0 Å². The summed E-state index contributed by atoms with van der Waals surface area (Å²) in [5.41, 5.74) is 1.64. The van der Waals surface area contributed by atoms with Crippen molar-refractivity contribution < 1.29 is 13.2 Å². The van der Waals surface area contributed by atoms with E-state index in [1.165, 1.54) is 0 Å². The molecule has 1 rings (SSSR count). The summed E-state index contributed by atoms with van der Waals surface area (Å²) in [6.45, 7) is 8.36. The second-order valence-corrected chi connectivity index (χ2v) is 5.91. The molecule has 0 aliphatic heterocycles. The second-order valence-electron chi connectivity index (χ2n) is 4.17. The number of hydrogen-bond acceptors (Lipinski definition) is 3. The number of rotatable bonds is 7. The minimum Gasteiger partial charge on any atom is -0.376 e. The Bertz CT molecular complexity index is 509. The molecular formula is C13H19NO3S. The summed E-state index contributed by atoms with van der Waals surface area (Å²) in [5, 5.41) is 0. The van der Waals surface area contributed by atoms with Crippen molar-refractivity contribution in [3.05, 3.63) is 42.0 Å².